The van der Waals surface area contributed by atoms with Gasteiger partial charge in [-0.3, -0.25) is 0 Å². The maximum Gasteiger partial charge on any atom is 0.0991 e. The highest BCUT2D eigenvalue weighted by Gasteiger charge is 2.12. The lowest BCUT2D eigenvalue weighted by atomic mass is 10.1. The fraction of sp³-hybridized carbons (Fsp3) is 0.214. The van der Waals surface area contributed by atoms with E-state index in [1.54, 1.807) is 0 Å². The van der Waals surface area contributed by atoms with Gasteiger partial charge in [-0.15, -0.1) is 11.3 Å². The van der Waals surface area contributed by atoms with Gasteiger partial charge in [-0.05, 0) is 36.2 Å². The molecular weight excluding hydrogens is 299 g/mol. The van der Waals surface area contributed by atoms with Gasteiger partial charge < -0.3 is 5.32 Å². The van der Waals surface area contributed by atoms with E-state index in [0.717, 1.165) is 22.0 Å². The summed E-state index contributed by atoms with van der Waals surface area (Å²) in [4.78, 5) is 0. The van der Waals surface area contributed by atoms with Crippen LogP contribution >= 0.6 is 34.5 Å². The molecule has 0 amide bonds. The summed E-state index contributed by atoms with van der Waals surface area (Å²) in [6.45, 7) is 2.77. The van der Waals surface area contributed by atoms with Crippen molar-refractivity contribution in [3.05, 3.63) is 55.7 Å². The second-order valence-corrected chi connectivity index (χ2v) is 6.48. The molecule has 1 atom stereocenters. The standard InChI is InChI=1S/C14H12Cl2N2S/c1-9(12-6-13(15)19-14(12)16)18-8-11-4-2-10(7-17)3-5-11/h2-6,9,18H,8H2,1H3. The lowest BCUT2D eigenvalue weighted by molar-refractivity contribution is 0.576. The van der Waals surface area contributed by atoms with E-state index in [1.165, 1.54) is 11.3 Å². The number of rotatable bonds is 4. The Morgan fingerprint density at radius 1 is 1.32 bits per heavy atom. The van der Waals surface area contributed by atoms with Crippen LogP contribution in [0.3, 0.4) is 0 Å². The predicted molar refractivity (Wildman–Crippen MR) is 80.8 cm³/mol. The van der Waals surface area contributed by atoms with Crippen LogP contribution in [0.1, 0.15) is 29.7 Å². The van der Waals surface area contributed by atoms with Gasteiger partial charge >= 0.3 is 0 Å². The van der Waals surface area contributed by atoms with E-state index in [1.807, 2.05) is 37.3 Å². The molecule has 0 bridgehead atoms. The zero-order chi connectivity index (χ0) is 13.8. The van der Waals surface area contributed by atoms with Crippen molar-refractivity contribution in [2.24, 2.45) is 0 Å². The second-order valence-electron chi connectivity index (χ2n) is 4.19. The molecule has 0 spiro atoms. The monoisotopic (exact) mass is 310 g/mol. The Labute approximate surface area is 126 Å². The van der Waals surface area contributed by atoms with Gasteiger partial charge in [-0.1, -0.05) is 35.3 Å². The number of thiophene rings is 1. The first-order valence-electron chi connectivity index (χ1n) is 5.77. The maximum absolute atomic E-state index is 8.74. The zero-order valence-electron chi connectivity index (χ0n) is 10.3. The van der Waals surface area contributed by atoms with Gasteiger partial charge in [0.1, 0.15) is 0 Å². The molecule has 1 heterocycles. The Hall–Kier alpha value is -1.05. The molecule has 1 unspecified atom stereocenters. The third kappa shape index (κ3) is 3.71. The number of nitrogens with one attached hydrogen (secondary N) is 1. The Bertz CT molecular complexity index is 599. The number of benzene rings is 1. The summed E-state index contributed by atoms with van der Waals surface area (Å²) in [5.41, 5.74) is 2.82. The van der Waals surface area contributed by atoms with Gasteiger partial charge in [0, 0.05) is 12.6 Å². The summed E-state index contributed by atoms with van der Waals surface area (Å²) in [5.74, 6) is 0. The molecule has 0 aliphatic heterocycles. The minimum absolute atomic E-state index is 0.131. The summed E-state index contributed by atoms with van der Waals surface area (Å²) in [5, 5.41) is 12.1. The van der Waals surface area contributed by atoms with Crippen molar-refractivity contribution in [3.63, 3.8) is 0 Å². The fourth-order valence-corrected chi connectivity index (χ4v) is 3.37. The van der Waals surface area contributed by atoms with Crippen molar-refractivity contribution in [2.45, 2.75) is 19.5 Å². The molecule has 0 saturated heterocycles. The summed E-state index contributed by atoms with van der Waals surface area (Å²) < 4.78 is 1.43. The van der Waals surface area contributed by atoms with Crippen LogP contribution < -0.4 is 5.32 Å². The highest BCUT2D eigenvalue weighted by atomic mass is 35.5. The van der Waals surface area contributed by atoms with Gasteiger partial charge in [0.2, 0.25) is 0 Å². The van der Waals surface area contributed by atoms with Gasteiger partial charge in [0.15, 0.2) is 0 Å². The summed E-state index contributed by atoms with van der Waals surface area (Å²) in [6, 6.07) is 11.7. The Balaban J connectivity index is 1.98. The number of hydrogen-bond donors (Lipinski definition) is 1. The van der Waals surface area contributed by atoms with Crippen molar-refractivity contribution in [1.82, 2.24) is 5.32 Å². The highest BCUT2D eigenvalue weighted by molar-refractivity contribution is 7.20. The average Bonchev–Trinajstić information content (AvgIpc) is 2.75. The smallest absolute Gasteiger partial charge is 0.0991 e. The molecule has 1 aromatic carbocycles. The van der Waals surface area contributed by atoms with Gasteiger partial charge in [-0.25, -0.2) is 0 Å². The van der Waals surface area contributed by atoms with Crippen LogP contribution in [-0.2, 0) is 6.54 Å². The third-order valence-electron chi connectivity index (χ3n) is 2.84. The fourth-order valence-electron chi connectivity index (χ4n) is 1.73. The quantitative estimate of drug-likeness (QED) is 0.882. The molecule has 2 rings (SSSR count). The number of hydrogen-bond acceptors (Lipinski definition) is 3. The Kier molecular flexibility index (Phi) is 4.84. The third-order valence-corrected chi connectivity index (χ3v) is 4.36. The second kappa shape index (κ2) is 6.40. The molecule has 0 saturated carbocycles. The van der Waals surface area contributed by atoms with E-state index >= 15 is 0 Å². The van der Waals surface area contributed by atoms with Crippen LogP contribution in [-0.4, -0.2) is 0 Å². The average molecular weight is 311 g/mol. The SMILES string of the molecule is CC(NCc1ccc(C#N)cc1)c1cc(Cl)sc1Cl. The number of nitrogens with zero attached hydrogens (tertiary/aromatic N) is 1. The molecule has 2 aromatic rings. The van der Waals surface area contributed by atoms with Crippen LogP contribution in [0, 0.1) is 11.3 Å². The van der Waals surface area contributed by atoms with Gasteiger partial charge in [0.05, 0.1) is 20.3 Å². The van der Waals surface area contributed by atoms with Crippen LogP contribution in [0.15, 0.2) is 30.3 Å². The van der Waals surface area contributed by atoms with Gasteiger partial charge in [0.25, 0.3) is 0 Å². The molecule has 19 heavy (non-hydrogen) atoms. The van der Waals surface area contributed by atoms with E-state index in [9.17, 15) is 0 Å². The molecule has 5 heteroatoms. The van der Waals surface area contributed by atoms with E-state index in [4.69, 9.17) is 28.5 Å². The zero-order valence-corrected chi connectivity index (χ0v) is 12.6. The van der Waals surface area contributed by atoms with Crippen LogP contribution in [0.2, 0.25) is 8.67 Å². The van der Waals surface area contributed by atoms with Crippen molar-refractivity contribution in [2.75, 3.05) is 0 Å². The van der Waals surface area contributed by atoms with E-state index in [2.05, 4.69) is 11.4 Å². The van der Waals surface area contributed by atoms with Crippen LogP contribution in [0.4, 0.5) is 0 Å². The predicted octanol–water partition coefficient (Wildman–Crippen LogP) is 4.78. The summed E-state index contributed by atoms with van der Waals surface area (Å²) >= 11 is 13.4. The van der Waals surface area contributed by atoms with Crippen molar-refractivity contribution >= 4 is 34.5 Å². The summed E-state index contributed by atoms with van der Waals surface area (Å²) in [6.07, 6.45) is 0. The molecular formula is C14H12Cl2N2S. The molecule has 1 aromatic heterocycles. The maximum atomic E-state index is 8.74. The topological polar surface area (TPSA) is 35.8 Å². The summed E-state index contributed by atoms with van der Waals surface area (Å²) in [7, 11) is 0. The van der Waals surface area contributed by atoms with Crippen LogP contribution in [0.5, 0.6) is 0 Å². The van der Waals surface area contributed by atoms with Crippen LogP contribution in [0.25, 0.3) is 0 Å². The first-order chi connectivity index (χ1) is 9.10. The molecule has 0 aliphatic rings. The van der Waals surface area contributed by atoms with Crippen molar-refractivity contribution < 1.29 is 0 Å². The van der Waals surface area contributed by atoms with E-state index < -0.39 is 0 Å². The molecule has 2 nitrogen and oxygen atoms in total. The molecule has 0 radical (unpaired) electrons. The number of nitriles is 1. The van der Waals surface area contributed by atoms with Gasteiger partial charge in [-0.2, -0.15) is 5.26 Å². The lowest BCUT2D eigenvalue weighted by Gasteiger charge is -2.13. The first-order valence-corrected chi connectivity index (χ1v) is 7.34. The minimum Gasteiger partial charge on any atom is -0.306 e. The van der Waals surface area contributed by atoms with E-state index in [-0.39, 0.29) is 6.04 Å². The lowest BCUT2D eigenvalue weighted by Crippen LogP contribution is -2.17. The van der Waals surface area contributed by atoms with E-state index in [0.29, 0.717) is 9.90 Å². The molecule has 0 aliphatic carbocycles. The molecule has 0 fully saturated rings. The minimum atomic E-state index is 0.131. The highest BCUT2D eigenvalue weighted by Crippen LogP contribution is 2.34. The molecule has 1 N–H and O–H groups in total. The Morgan fingerprint density at radius 2 is 2.00 bits per heavy atom. The van der Waals surface area contributed by atoms with Crippen molar-refractivity contribution in [3.8, 4) is 6.07 Å². The largest absolute Gasteiger partial charge is 0.306 e. The molecule has 98 valence electrons. The normalized spacial score (nSPS) is 12.1. The first kappa shape index (κ1) is 14.4. The Morgan fingerprint density at radius 3 is 2.53 bits per heavy atom. The number of halogens is 2. The van der Waals surface area contributed by atoms with Crippen molar-refractivity contribution in [1.29, 1.82) is 5.26 Å².